The Balaban J connectivity index is 1.40. The van der Waals surface area contributed by atoms with Crippen molar-refractivity contribution >= 4 is 28.4 Å². The molecular formula is C21H16N2OS. The Hall–Kier alpha value is -2.72. The number of nitrogens with zero attached hydrogens (tertiary/aromatic N) is 2. The van der Waals surface area contributed by atoms with Crippen molar-refractivity contribution in [2.24, 2.45) is 9.98 Å². The second-order valence-electron chi connectivity index (χ2n) is 5.79. The average Bonchev–Trinajstić information content (AvgIpc) is 3.10. The molecule has 0 saturated heterocycles. The minimum Gasteiger partial charge on any atom is -0.282 e. The van der Waals surface area contributed by atoms with Crippen molar-refractivity contribution < 1.29 is 4.79 Å². The van der Waals surface area contributed by atoms with Gasteiger partial charge in [0, 0.05) is 5.56 Å². The minimum absolute atomic E-state index is 0.0286. The first kappa shape index (κ1) is 15.8. The normalized spacial score (nSPS) is 17.8. The van der Waals surface area contributed by atoms with Crippen LogP contribution in [0.5, 0.6) is 0 Å². The maximum Gasteiger partial charge on any atom is 0.219 e. The Morgan fingerprint density at radius 2 is 1.72 bits per heavy atom. The highest BCUT2D eigenvalue weighted by molar-refractivity contribution is 8.14. The van der Waals surface area contributed by atoms with Crippen molar-refractivity contribution in [3.8, 4) is 11.1 Å². The summed E-state index contributed by atoms with van der Waals surface area (Å²) in [6, 6.07) is 17.9. The third-order valence-corrected chi connectivity index (χ3v) is 4.98. The Morgan fingerprint density at radius 3 is 2.48 bits per heavy atom. The molecule has 1 atom stereocenters. The zero-order chi connectivity index (χ0) is 17.1. The number of rotatable bonds is 4. The van der Waals surface area contributed by atoms with E-state index in [1.165, 1.54) is 11.8 Å². The molecule has 0 bridgehead atoms. The van der Waals surface area contributed by atoms with Crippen LogP contribution in [0.2, 0.25) is 0 Å². The molecule has 2 aliphatic rings. The molecule has 0 fully saturated rings. The molecule has 1 aliphatic carbocycles. The monoisotopic (exact) mass is 344 g/mol. The zero-order valence-electron chi connectivity index (χ0n) is 13.5. The molecule has 1 aliphatic heterocycles. The topological polar surface area (TPSA) is 41.8 Å². The molecule has 0 aromatic heterocycles. The number of fused-ring (bicyclic) bond motifs is 1. The van der Waals surface area contributed by atoms with E-state index in [9.17, 15) is 4.79 Å². The predicted octanol–water partition coefficient (Wildman–Crippen LogP) is 4.57. The van der Waals surface area contributed by atoms with Gasteiger partial charge in [-0.1, -0.05) is 72.5 Å². The molecule has 2 aromatic rings. The smallest absolute Gasteiger partial charge is 0.219 e. The molecule has 4 rings (SSSR count). The second kappa shape index (κ2) is 7.03. The average molecular weight is 344 g/mol. The van der Waals surface area contributed by atoms with Gasteiger partial charge < -0.3 is 0 Å². The number of carbonyl (C=O) groups excluding carboxylic acids is 1. The van der Waals surface area contributed by atoms with E-state index in [1.807, 2.05) is 66.8 Å². The van der Waals surface area contributed by atoms with Crippen LogP contribution in [0.3, 0.4) is 0 Å². The standard InChI is InChI=1S/C21H16N2OS/c24-21(25-14-20-22-18-8-4-5-9-19(18)23-20)17-12-10-16(11-13-17)15-6-2-1-3-7-15/h1-13,18H,14H2. The lowest BCUT2D eigenvalue weighted by Gasteiger charge is -2.04. The van der Waals surface area contributed by atoms with Crippen molar-refractivity contribution in [2.75, 3.05) is 5.75 Å². The molecule has 1 unspecified atom stereocenters. The fraction of sp³-hybridized carbons (Fsp3) is 0.0952. The molecule has 122 valence electrons. The molecule has 0 spiro atoms. The van der Waals surface area contributed by atoms with Gasteiger partial charge in [0.1, 0.15) is 11.9 Å². The van der Waals surface area contributed by atoms with Gasteiger partial charge in [0.25, 0.3) is 0 Å². The van der Waals surface area contributed by atoms with Crippen molar-refractivity contribution in [2.45, 2.75) is 6.04 Å². The van der Waals surface area contributed by atoms with E-state index >= 15 is 0 Å². The van der Waals surface area contributed by atoms with Gasteiger partial charge >= 0.3 is 0 Å². The van der Waals surface area contributed by atoms with Crippen LogP contribution < -0.4 is 0 Å². The Morgan fingerprint density at radius 1 is 0.960 bits per heavy atom. The van der Waals surface area contributed by atoms with Gasteiger partial charge in [-0.05, 0) is 29.3 Å². The molecule has 25 heavy (non-hydrogen) atoms. The lowest BCUT2D eigenvalue weighted by atomic mass is 10.0. The molecule has 0 radical (unpaired) electrons. The number of aliphatic imine (C=N–C) groups is 2. The van der Waals surface area contributed by atoms with Crippen LogP contribution >= 0.6 is 11.8 Å². The highest BCUT2D eigenvalue weighted by atomic mass is 32.2. The summed E-state index contributed by atoms with van der Waals surface area (Å²) in [5, 5.41) is 0.0449. The Labute approximate surface area is 150 Å². The third-order valence-electron chi connectivity index (χ3n) is 4.08. The lowest BCUT2D eigenvalue weighted by molar-refractivity contribution is 0.108. The van der Waals surface area contributed by atoms with Crippen LogP contribution in [0.15, 0.2) is 88.9 Å². The number of carbonyl (C=O) groups is 1. The number of hydrogen-bond acceptors (Lipinski definition) is 4. The quantitative estimate of drug-likeness (QED) is 0.815. The molecule has 4 heteroatoms. The molecule has 2 aromatic carbocycles. The van der Waals surface area contributed by atoms with Crippen molar-refractivity contribution in [1.82, 2.24) is 0 Å². The first-order valence-electron chi connectivity index (χ1n) is 8.12. The largest absolute Gasteiger partial charge is 0.282 e. The lowest BCUT2D eigenvalue weighted by Crippen LogP contribution is -2.11. The summed E-state index contributed by atoms with van der Waals surface area (Å²) in [5.41, 5.74) is 3.91. The first-order valence-corrected chi connectivity index (χ1v) is 9.11. The number of amidine groups is 1. The van der Waals surface area contributed by atoms with Crippen LogP contribution in [0, 0.1) is 0 Å². The molecule has 0 amide bonds. The van der Waals surface area contributed by atoms with E-state index in [2.05, 4.69) is 22.1 Å². The van der Waals surface area contributed by atoms with E-state index in [1.54, 1.807) is 0 Å². The van der Waals surface area contributed by atoms with Crippen LogP contribution in [0.1, 0.15) is 10.4 Å². The number of allylic oxidation sites excluding steroid dienone is 2. The van der Waals surface area contributed by atoms with Gasteiger partial charge in [-0.25, -0.2) is 4.99 Å². The zero-order valence-corrected chi connectivity index (χ0v) is 14.3. The maximum absolute atomic E-state index is 12.4. The highest BCUT2D eigenvalue weighted by Gasteiger charge is 2.20. The Kier molecular flexibility index (Phi) is 4.44. The van der Waals surface area contributed by atoms with Gasteiger partial charge in [0.15, 0.2) is 0 Å². The first-order chi connectivity index (χ1) is 12.3. The van der Waals surface area contributed by atoms with Crippen molar-refractivity contribution in [1.29, 1.82) is 0 Å². The number of hydrogen-bond donors (Lipinski definition) is 0. The van der Waals surface area contributed by atoms with E-state index in [4.69, 9.17) is 0 Å². The van der Waals surface area contributed by atoms with Gasteiger partial charge in [0.2, 0.25) is 5.12 Å². The van der Waals surface area contributed by atoms with Crippen LogP contribution in [0.25, 0.3) is 11.1 Å². The number of benzene rings is 2. The SMILES string of the molecule is O=C(SCC1=NC2C=CC=CC2=N1)c1ccc(-c2ccccc2)cc1. The summed E-state index contributed by atoms with van der Waals surface area (Å²) in [6.45, 7) is 0. The van der Waals surface area contributed by atoms with E-state index in [-0.39, 0.29) is 11.2 Å². The van der Waals surface area contributed by atoms with E-state index in [0.29, 0.717) is 11.3 Å². The van der Waals surface area contributed by atoms with Crippen molar-refractivity contribution in [3.63, 3.8) is 0 Å². The van der Waals surface area contributed by atoms with Crippen LogP contribution in [-0.4, -0.2) is 28.5 Å². The summed E-state index contributed by atoms with van der Waals surface area (Å²) >= 11 is 1.25. The van der Waals surface area contributed by atoms with Crippen LogP contribution in [0.4, 0.5) is 0 Å². The summed E-state index contributed by atoms with van der Waals surface area (Å²) in [6.07, 6.45) is 7.92. The second-order valence-corrected chi connectivity index (χ2v) is 6.74. The summed E-state index contributed by atoms with van der Waals surface area (Å²) in [4.78, 5) is 21.4. The summed E-state index contributed by atoms with van der Waals surface area (Å²) in [7, 11) is 0. The molecule has 0 N–H and O–H groups in total. The molecule has 1 heterocycles. The van der Waals surface area contributed by atoms with Gasteiger partial charge in [0.05, 0.1) is 11.5 Å². The minimum atomic E-state index is 0.0286. The molecule has 3 nitrogen and oxygen atoms in total. The van der Waals surface area contributed by atoms with E-state index < -0.39 is 0 Å². The molecular weight excluding hydrogens is 328 g/mol. The third kappa shape index (κ3) is 3.54. The summed E-state index contributed by atoms with van der Waals surface area (Å²) in [5.74, 6) is 1.23. The number of thioether (sulfide) groups is 1. The van der Waals surface area contributed by atoms with Gasteiger partial charge in [-0.15, -0.1) is 0 Å². The fourth-order valence-corrected chi connectivity index (χ4v) is 3.49. The molecule has 0 saturated carbocycles. The van der Waals surface area contributed by atoms with Gasteiger partial charge in [-0.2, -0.15) is 0 Å². The highest BCUT2D eigenvalue weighted by Crippen LogP contribution is 2.22. The van der Waals surface area contributed by atoms with Crippen molar-refractivity contribution in [3.05, 3.63) is 84.5 Å². The fourth-order valence-electron chi connectivity index (χ4n) is 2.78. The summed E-state index contributed by atoms with van der Waals surface area (Å²) < 4.78 is 0. The van der Waals surface area contributed by atoms with Crippen LogP contribution in [-0.2, 0) is 0 Å². The van der Waals surface area contributed by atoms with E-state index in [0.717, 1.165) is 22.7 Å². The predicted molar refractivity (Wildman–Crippen MR) is 106 cm³/mol. The maximum atomic E-state index is 12.4. The Bertz CT molecular complexity index is 909. The van der Waals surface area contributed by atoms with Gasteiger partial charge in [-0.3, -0.25) is 9.79 Å².